The highest BCUT2D eigenvalue weighted by Gasteiger charge is 2.29. The van der Waals surface area contributed by atoms with Crippen LogP contribution in [0.4, 0.5) is 0 Å². The van der Waals surface area contributed by atoms with E-state index in [0.29, 0.717) is 0 Å². The molecule has 64 valence electrons. The molecule has 2 fully saturated rings. The third-order valence-corrected chi connectivity index (χ3v) is 2.87. The number of aliphatic hydroxyl groups is 1. The van der Waals surface area contributed by atoms with Gasteiger partial charge in [-0.25, -0.2) is 0 Å². The van der Waals surface area contributed by atoms with Gasteiger partial charge in [0.1, 0.15) is 0 Å². The van der Waals surface area contributed by atoms with Crippen LogP contribution in [-0.4, -0.2) is 53.9 Å². The molecule has 0 spiro atoms. The van der Waals surface area contributed by atoms with Gasteiger partial charge in [0, 0.05) is 25.7 Å². The molecular formula is C8H16N2O. The first-order chi connectivity index (χ1) is 5.40. The van der Waals surface area contributed by atoms with Crippen LogP contribution in [-0.2, 0) is 0 Å². The number of piperazine rings is 1. The summed E-state index contributed by atoms with van der Waals surface area (Å²) in [6.45, 7) is 4.81. The lowest BCUT2D eigenvalue weighted by Crippen LogP contribution is -2.50. The topological polar surface area (TPSA) is 26.7 Å². The summed E-state index contributed by atoms with van der Waals surface area (Å²) in [5, 5.41) is 8.92. The van der Waals surface area contributed by atoms with E-state index in [1.165, 1.54) is 19.4 Å². The lowest BCUT2D eigenvalue weighted by Gasteiger charge is -2.36. The Morgan fingerprint density at radius 3 is 3.00 bits per heavy atom. The normalized spacial score (nSPS) is 34.1. The van der Waals surface area contributed by atoms with Gasteiger partial charge in [0.05, 0.1) is 6.73 Å². The molecule has 2 saturated heterocycles. The number of fused-ring (bicyclic) bond motifs is 1. The lowest BCUT2D eigenvalue weighted by atomic mass is 10.2. The van der Waals surface area contributed by atoms with Gasteiger partial charge in [-0.15, -0.1) is 0 Å². The zero-order chi connectivity index (χ0) is 7.68. The van der Waals surface area contributed by atoms with Crippen LogP contribution < -0.4 is 0 Å². The molecule has 2 heterocycles. The average molecular weight is 156 g/mol. The van der Waals surface area contributed by atoms with Crippen LogP contribution in [0.1, 0.15) is 12.8 Å². The maximum Gasteiger partial charge on any atom is 0.0957 e. The minimum atomic E-state index is 0.240. The summed E-state index contributed by atoms with van der Waals surface area (Å²) in [5.41, 5.74) is 0. The molecule has 3 nitrogen and oxygen atoms in total. The first-order valence-electron chi connectivity index (χ1n) is 4.47. The van der Waals surface area contributed by atoms with Gasteiger partial charge in [-0.05, 0) is 19.4 Å². The number of hydrogen-bond acceptors (Lipinski definition) is 3. The molecule has 11 heavy (non-hydrogen) atoms. The number of hydrogen-bond donors (Lipinski definition) is 1. The molecule has 1 unspecified atom stereocenters. The second-order valence-corrected chi connectivity index (χ2v) is 3.55. The predicted molar refractivity (Wildman–Crippen MR) is 43.3 cm³/mol. The Hall–Kier alpha value is -0.120. The Morgan fingerprint density at radius 1 is 1.27 bits per heavy atom. The van der Waals surface area contributed by atoms with Gasteiger partial charge in [-0.1, -0.05) is 0 Å². The first-order valence-corrected chi connectivity index (χ1v) is 4.47. The van der Waals surface area contributed by atoms with Crippen LogP contribution in [0.2, 0.25) is 0 Å². The van der Waals surface area contributed by atoms with E-state index in [2.05, 4.69) is 9.80 Å². The van der Waals surface area contributed by atoms with Crippen LogP contribution in [0.5, 0.6) is 0 Å². The molecule has 0 aliphatic carbocycles. The molecule has 3 heteroatoms. The fourth-order valence-corrected chi connectivity index (χ4v) is 2.18. The summed E-state index contributed by atoms with van der Waals surface area (Å²) in [6.07, 6.45) is 2.68. The van der Waals surface area contributed by atoms with E-state index in [-0.39, 0.29) is 6.73 Å². The summed E-state index contributed by atoms with van der Waals surface area (Å²) >= 11 is 0. The van der Waals surface area contributed by atoms with Crippen LogP contribution >= 0.6 is 0 Å². The average Bonchev–Trinajstić information content (AvgIpc) is 2.50. The van der Waals surface area contributed by atoms with E-state index in [9.17, 15) is 0 Å². The highest BCUT2D eigenvalue weighted by Crippen LogP contribution is 2.20. The van der Waals surface area contributed by atoms with E-state index in [1.54, 1.807) is 0 Å². The second-order valence-electron chi connectivity index (χ2n) is 3.55. The molecule has 0 aromatic rings. The minimum Gasteiger partial charge on any atom is -0.381 e. The maximum absolute atomic E-state index is 8.92. The second kappa shape index (κ2) is 3.09. The standard InChI is InChI=1S/C8H16N2O/c11-7-9-4-5-10-3-1-2-8(10)6-9/h8,11H,1-7H2. The Morgan fingerprint density at radius 2 is 2.18 bits per heavy atom. The zero-order valence-corrected chi connectivity index (χ0v) is 6.87. The van der Waals surface area contributed by atoms with E-state index >= 15 is 0 Å². The van der Waals surface area contributed by atoms with Gasteiger partial charge in [0.15, 0.2) is 0 Å². The molecule has 0 aromatic heterocycles. The fourth-order valence-electron chi connectivity index (χ4n) is 2.18. The van der Waals surface area contributed by atoms with Crippen molar-refractivity contribution in [1.29, 1.82) is 0 Å². The molecule has 2 aliphatic rings. The number of rotatable bonds is 1. The van der Waals surface area contributed by atoms with Crippen molar-refractivity contribution in [2.75, 3.05) is 32.9 Å². The summed E-state index contributed by atoms with van der Waals surface area (Å²) in [4.78, 5) is 4.68. The van der Waals surface area contributed by atoms with E-state index in [0.717, 1.165) is 25.7 Å². The smallest absolute Gasteiger partial charge is 0.0957 e. The Labute approximate surface area is 67.6 Å². The maximum atomic E-state index is 8.92. The van der Waals surface area contributed by atoms with Gasteiger partial charge in [0.2, 0.25) is 0 Å². The number of aliphatic hydroxyl groups excluding tert-OH is 1. The minimum absolute atomic E-state index is 0.240. The van der Waals surface area contributed by atoms with Gasteiger partial charge >= 0.3 is 0 Å². The van der Waals surface area contributed by atoms with Crippen molar-refractivity contribution in [3.8, 4) is 0 Å². The van der Waals surface area contributed by atoms with Crippen molar-refractivity contribution in [3.63, 3.8) is 0 Å². The molecule has 1 N–H and O–H groups in total. The van der Waals surface area contributed by atoms with Crippen molar-refractivity contribution in [1.82, 2.24) is 9.80 Å². The Bertz CT molecular complexity index is 140. The van der Waals surface area contributed by atoms with Crippen LogP contribution in [0, 0.1) is 0 Å². The molecule has 1 atom stereocenters. The Kier molecular flexibility index (Phi) is 2.11. The first kappa shape index (κ1) is 7.53. The van der Waals surface area contributed by atoms with Crippen molar-refractivity contribution >= 4 is 0 Å². The van der Waals surface area contributed by atoms with Crippen molar-refractivity contribution < 1.29 is 5.11 Å². The summed E-state index contributed by atoms with van der Waals surface area (Å²) < 4.78 is 0. The van der Waals surface area contributed by atoms with Crippen molar-refractivity contribution in [2.45, 2.75) is 18.9 Å². The van der Waals surface area contributed by atoms with E-state index in [1.807, 2.05) is 0 Å². The highest BCUT2D eigenvalue weighted by molar-refractivity contribution is 4.85. The molecular weight excluding hydrogens is 140 g/mol. The fraction of sp³-hybridized carbons (Fsp3) is 1.00. The van der Waals surface area contributed by atoms with E-state index < -0.39 is 0 Å². The summed E-state index contributed by atoms with van der Waals surface area (Å²) in [5.74, 6) is 0. The zero-order valence-electron chi connectivity index (χ0n) is 6.87. The van der Waals surface area contributed by atoms with Gasteiger partial charge in [-0.2, -0.15) is 0 Å². The van der Waals surface area contributed by atoms with Crippen LogP contribution in [0.15, 0.2) is 0 Å². The largest absolute Gasteiger partial charge is 0.381 e. The molecule has 2 rings (SSSR count). The molecule has 0 saturated carbocycles. The Balaban J connectivity index is 1.91. The highest BCUT2D eigenvalue weighted by atomic mass is 16.3. The third-order valence-electron chi connectivity index (χ3n) is 2.87. The third kappa shape index (κ3) is 1.41. The lowest BCUT2D eigenvalue weighted by molar-refractivity contribution is 0.0368. The van der Waals surface area contributed by atoms with Crippen LogP contribution in [0.25, 0.3) is 0 Å². The molecule has 0 amide bonds. The SMILES string of the molecule is OCN1CCN2CCCC2C1. The number of nitrogens with zero attached hydrogens (tertiary/aromatic N) is 2. The van der Waals surface area contributed by atoms with Gasteiger partial charge < -0.3 is 5.11 Å². The van der Waals surface area contributed by atoms with Gasteiger partial charge in [-0.3, -0.25) is 9.80 Å². The van der Waals surface area contributed by atoms with Crippen LogP contribution in [0.3, 0.4) is 0 Å². The van der Waals surface area contributed by atoms with Crippen molar-refractivity contribution in [3.05, 3.63) is 0 Å². The molecule has 0 aromatic carbocycles. The molecule has 0 radical (unpaired) electrons. The summed E-state index contributed by atoms with van der Waals surface area (Å²) in [6, 6.07) is 0.746. The predicted octanol–water partition coefficient (Wildman–Crippen LogP) is -0.284. The van der Waals surface area contributed by atoms with Gasteiger partial charge in [0.25, 0.3) is 0 Å². The molecule has 0 bridgehead atoms. The van der Waals surface area contributed by atoms with E-state index in [4.69, 9.17) is 5.11 Å². The monoisotopic (exact) mass is 156 g/mol. The quantitative estimate of drug-likeness (QED) is 0.565. The summed E-state index contributed by atoms with van der Waals surface area (Å²) in [7, 11) is 0. The molecule has 2 aliphatic heterocycles. The van der Waals surface area contributed by atoms with Crippen molar-refractivity contribution in [2.24, 2.45) is 0 Å².